The van der Waals surface area contributed by atoms with Crippen molar-refractivity contribution in [1.29, 1.82) is 0 Å². The van der Waals surface area contributed by atoms with E-state index in [9.17, 15) is 4.79 Å². The number of carbonyl (C=O) groups is 1. The molecule has 46 heavy (non-hydrogen) atoms. The summed E-state index contributed by atoms with van der Waals surface area (Å²) >= 11 is 0. The Morgan fingerprint density at radius 1 is 1.13 bits per heavy atom. The van der Waals surface area contributed by atoms with Gasteiger partial charge in [-0.25, -0.2) is 4.98 Å². The van der Waals surface area contributed by atoms with Crippen molar-refractivity contribution in [2.45, 2.75) is 112 Å². The van der Waals surface area contributed by atoms with Crippen molar-refractivity contribution < 1.29 is 9.53 Å². The lowest BCUT2D eigenvalue weighted by molar-refractivity contribution is -0.116. The molecule has 2 aliphatic heterocycles. The van der Waals surface area contributed by atoms with E-state index in [4.69, 9.17) is 9.73 Å². The van der Waals surface area contributed by atoms with Crippen LogP contribution in [0.3, 0.4) is 0 Å². The van der Waals surface area contributed by atoms with Crippen LogP contribution in [0.4, 0.5) is 11.4 Å². The number of hydrogen-bond donors (Lipinski definition) is 3. The number of ketones is 1. The Kier molecular flexibility index (Phi) is 15.2. The molecule has 0 bridgehead atoms. The Balaban J connectivity index is 0.000000213. The van der Waals surface area contributed by atoms with Crippen LogP contribution in [0.2, 0.25) is 0 Å². The molecule has 0 spiro atoms. The fraction of sp³-hybridized carbons (Fsp3) is 0.605. The number of aromatic nitrogens is 1. The van der Waals surface area contributed by atoms with Crippen molar-refractivity contribution >= 4 is 22.9 Å². The van der Waals surface area contributed by atoms with Gasteiger partial charge in [0, 0.05) is 62.8 Å². The molecule has 0 amide bonds. The lowest BCUT2D eigenvalue weighted by Crippen LogP contribution is -2.50. The third-order valence-corrected chi connectivity index (χ3v) is 8.79. The number of carbonyl (C=O) groups excluding carboxylic acids is 1. The maximum Gasteiger partial charge on any atom is 0.237 e. The second-order valence-electron chi connectivity index (χ2n) is 13.1. The zero-order valence-corrected chi connectivity index (χ0v) is 29.9. The molecule has 0 unspecified atom stereocenters. The number of anilines is 2. The van der Waals surface area contributed by atoms with Gasteiger partial charge in [-0.15, -0.1) is 0 Å². The predicted molar refractivity (Wildman–Crippen MR) is 195 cm³/mol. The number of nitrogens with zero attached hydrogens (tertiary/aromatic N) is 3. The summed E-state index contributed by atoms with van der Waals surface area (Å²) in [6.07, 6.45) is 12.0. The minimum absolute atomic E-state index is 0.183. The molecule has 1 aromatic heterocycles. The summed E-state index contributed by atoms with van der Waals surface area (Å²) < 4.78 is 5.39. The van der Waals surface area contributed by atoms with Gasteiger partial charge < -0.3 is 20.7 Å². The van der Waals surface area contributed by atoms with Crippen LogP contribution in [0.1, 0.15) is 96.8 Å². The van der Waals surface area contributed by atoms with Crippen LogP contribution < -0.4 is 20.7 Å². The summed E-state index contributed by atoms with van der Waals surface area (Å²) in [5.41, 5.74) is 7.69. The first-order valence-electron chi connectivity index (χ1n) is 17.4. The monoisotopic (exact) mass is 632 g/mol. The van der Waals surface area contributed by atoms with Gasteiger partial charge in [0.1, 0.15) is 23.7 Å². The van der Waals surface area contributed by atoms with E-state index in [1.165, 1.54) is 67.9 Å². The number of aliphatic imine (C=N–C) groups is 1. The van der Waals surface area contributed by atoms with E-state index >= 15 is 0 Å². The summed E-state index contributed by atoms with van der Waals surface area (Å²) in [5.74, 6) is 0.924. The van der Waals surface area contributed by atoms with Gasteiger partial charge in [-0.1, -0.05) is 44.9 Å². The first-order valence-corrected chi connectivity index (χ1v) is 17.4. The van der Waals surface area contributed by atoms with Gasteiger partial charge in [0.25, 0.3) is 0 Å². The Bertz CT molecular complexity index is 1290. The van der Waals surface area contributed by atoms with Crippen molar-refractivity contribution in [3.63, 3.8) is 0 Å². The molecule has 254 valence electrons. The maximum absolute atomic E-state index is 11.2. The molecule has 1 aliphatic carbocycles. The number of nitrogens with one attached hydrogen (secondary N) is 3. The second-order valence-corrected chi connectivity index (χ2v) is 13.1. The molecule has 3 aliphatic rings. The highest BCUT2D eigenvalue weighted by atomic mass is 16.5. The molecule has 1 aromatic carbocycles. The van der Waals surface area contributed by atoms with E-state index < -0.39 is 0 Å². The molecule has 2 aromatic rings. The molecule has 0 radical (unpaired) electrons. The van der Waals surface area contributed by atoms with Crippen LogP contribution in [0.5, 0.6) is 5.88 Å². The van der Waals surface area contributed by atoms with E-state index in [0.29, 0.717) is 13.0 Å². The number of benzene rings is 1. The average molecular weight is 633 g/mol. The molecule has 8 nitrogen and oxygen atoms in total. The maximum atomic E-state index is 11.2. The zero-order chi connectivity index (χ0) is 33.5. The van der Waals surface area contributed by atoms with Crippen LogP contribution >= 0.6 is 0 Å². The van der Waals surface area contributed by atoms with Crippen molar-refractivity contribution in [3.8, 4) is 5.88 Å². The zero-order valence-electron chi connectivity index (χ0n) is 29.9. The highest BCUT2D eigenvalue weighted by Crippen LogP contribution is 2.29. The average Bonchev–Trinajstić information content (AvgIpc) is 3.02. The van der Waals surface area contributed by atoms with E-state index in [-0.39, 0.29) is 11.4 Å². The highest BCUT2D eigenvalue weighted by Gasteiger charge is 2.25. The third kappa shape index (κ3) is 11.8. The number of piperazine rings is 1. The van der Waals surface area contributed by atoms with Crippen molar-refractivity contribution in [2.24, 2.45) is 4.99 Å². The number of rotatable bonds is 10. The minimum atomic E-state index is -0.380. The number of hydrogen-bond acceptors (Lipinski definition) is 8. The molecule has 2 fully saturated rings. The predicted octanol–water partition coefficient (Wildman–Crippen LogP) is 7.51. The van der Waals surface area contributed by atoms with Gasteiger partial charge in [-0.3, -0.25) is 14.7 Å². The topological polar surface area (TPSA) is 90.9 Å². The summed E-state index contributed by atoms with van der Waals surface area (Å²) in [5, 5.41) is 10.1. The quantitative estimate of drug-likeness (QED) is 0.234. The Hall–Kier alpha value is -3.23. The number of ether oxygens (including phenoxy) is 1. The Morgan fingerprint density at radius 2 is 1.83 bits per heavy atom. The van der Waals surface area contributed by atoms with Crippen molar-refractivity contribution in [1.82, 2.24) is 15.2 Å². The molecule has 0 atom stereocenters. The van der Waals surface area contributed by atoms with Crippen LogP contribution in [0.25, 0.3) is 0 Å². The fourth-order valence-corrected chi connectivity index (χ4v) is 5.93. The Labute approximate surface area is 278 Å². The largest absolute Gasteiger partial charge is 0.474 e. The number of allylic oxidation sites excluding steroid dienone is 2. The third-order valence-electron chi connectivity index (χ3n) is 8.79. The molecule has 1 saturated carbocycles. The Morgan fingerprint density at radius 3 is 2.39 bits per heavy atom. The summed E-state index contributed by atoms with van der Waals surface area (Å²) in [7, 11) is 0. The van der Waals surface area contributed by atoms with Crippen LogP contribution in [-0.2, 0) is 11.2 Å². The van der Waals surface area contributed by atoms with E-state index in [2.05, 4.69) is 80.4 Å². The normalized spacial score (nSPS) is 17.1. The first kappa shape index (κ1) is 37.2. The van der Waals surface area contributed by atoms with Gasteiger partial charge >= 0.3 is 0 Å². The van der Waals surface area contributed by atoms with E-state index in [0.717, 1.165) is 54.7 Å². The van der Waals surface area contributed by atoms with Crippen molar-refractivity contribution in [2.75, 3.05) is 50.0 Å². The van der Waals surface area contributed by atoms with E-state index in [1.807, 2.05) is 30.5 Å². The molecule has 1 saturated heterocycles. The summed E-state index contributed by atoms with van der Waals surface area (Å²) in [6.45, 7) is 22.9. The molecule has 3 heterocycles. The van der Waals surface area contributed by atoms with Crippen molar-refractivity contribution in [3.05, 3.63) is 58.8 Å². The number of Topliss-reactive ketones (excluding diaryl/α,β-unsaturated/α-hetero) is 1. The lowest BCUT2D eigenvalue weighted by Gasteiger charge is -2.39. The van der Waals surface area contributed by atoms with Gasteiger partial charge in [0.15, 0.2) is 0 Å². The molecular formula is C38H60N6O2. The van der Waals surface area contributed by atoms with Crippen LogP contribution in [-0.4, -0.2) is 72.4 Å². The number of fused-ring (bicyclic) bond motifs is 1. The molecular weight excluding hydrogens is 572 g/mol. The van der Waals surface area contributed by atoms with Crippen LogP contribution in [0.15, 0.2) is 47.1 Å². The van der Waals surface area contributed by atoms with Gasteiger partial charge in [0.2, 0.25) is 5.88 Å². The van der Waals surface area contributed by atoms with Gasteiger partial charge in [-0.05, 0) is 102 Å². The van der Waals surface area contributed by atoms with E-state index in [1.54, 1.807) is 6.92 Å². The fourth-order valence-electron chi connectivity index (χ4n) is 5.93. The number of pyridine rings is 1. The van der Waals surface area contributed by atoms with Gasteiger partial charge in [-0.2, -0.15) is 0 Å². The first-order chi connectivity index (χ1) is 22.1. The smallest absolute Gasteiger partial charge is 0.237 e. The summed E-state index contributed by atoms with van der Waals surface area (Å²) in [4.78, 5) is 23.0. The molecule has 3 N–H and O–H groups in total. The summed E-state index contributed by atoms with van der Waals surface area (Å²) in [6, 6.07) is 8.99. The SMILES string of the molecule is C/C=C(CCC)\C(CC)=N/C(C)(C)Nc1ccc(CC(C)=O)cc1.C1CC(N2CCNCC2)C1.Cc1cnc2c(c1C)NCCO2. The standard InChI is InChI=1S/C21H32N2O.C9H12N2O.C8H16N2/c1-7-10-18(8-2)20(9-3)23-21(5,6)22-19-13-11-17(12-14-19)15-16(4)24;1-6-5-11-9-8(7(6)2)10-3-4-12-9;1-2-8(3-1)10-6-4-9-5-7-10/h8,11-14,22H,7,9-10,15H2,1-6H3;5,10H,3-4H2,1-2H3;8-9H,1-7H2/b18-8-,23-20-;;. The second kappa shape index (κ2) is 18.8. The lowest BCUT2D eigenvalue weighted by atomic mass is 9.91. The molecule has 5 rings (SSSR count). The van der Waals surface area contributed by atoms with Gasteiger partial charge in [0.05, 0.1) is 0 Å². The van der Waals surface area contributed by atoms with Crippen LogP contribution in [0, 0.1) is 13.8 Å². The number of aryl methyl sites for hydroxylation is 1. The highest BCUT2D eigenvalue weighted by molar-refractivity contribution is 6.00. The minimum Gasteiger partial charge on any atom is -0.474 e. The molecule has 8 heteroatoms.